The van der Waals surface area contributed by atoms with E-state index in [-0.39, 0.29) is 17.6 Å². The average molecular weight is 306 g/mol. The fourth-order valence-corrected chi connectivity index (χ4v) is 2.26. The molecule has 1 saturated heterocycles. The second kappa shape index (κ2) is 7.17. The second-order valence-electron chi connectivity index (χ2n) is 5.21. The molecule has 2 amide bonds. The maximum absolute atomic E-state index is 12.8. The lowest BCUT2D eigenvalue weighted by Crippen LogP contribution is -2.52. The first-order valence-electron chi connectivity index (χ1n) is 7.17. The van der Waals surface area contributed by atoms with Crippen molar-refractivity contribution in [3.8, 4) is 0 Å². The Bertz CT molecular complexity index is 561. The number of piperazine rings is 1. The summed E-state index contributed by atoms with van der Waals surface area (Å²) in [5.41, 5.74) is 0.748. The molecule has 0 spiro atoms. The van der Waals surface area contributed by atoms with Gasteiger partial charge in [0.05, 0.1) is 0 Å². The zero-order valence-corrected chi connectivity index (χ0v) is 12.4. The van der Waals surface area contributed by atoms with Gasteiger partial charge < -0.3 is 14.9 Å². The topological polar surface area (TPSA) is 60.9 Å². The molecule has 1 aromatic carbocycles. The number of nitrogens with zero attached hydrogens (tertiary/aromatic N) is 2. The lowest BCUT2D eigenvalue weighted by atomic mass is 10.2. The number of hydrogen-bond acceptors (Lipinski definition) is 3. The van der Waals surface area contributed by atoms with Gasteiger partial charge in [-0.05, 0) is 30.7 Å². The van der Waals surface area contributed by atoms with Crippen molar-refractivity contribution in [1.82, 2.24) is 9.80 Å². The molecule has 1 unspecified atom stereocenters. The van der Waals surface area contributed by atoms with E-state index in [9.17, 15) is 19.1 Å². The van der Waals surface area contributed by atoms with Gasteiger partial charge in [-0.2, -0.15) is 0 Å². The van der Waals surface area contributed by atoms with Gasteiger partial charge in [0.15, 0.2) is 0 Å². The van der Waals surface area contributed by atoms with Crippen LogP contribution in [-0.2, 0) is 9.59 Å². The molecule has 1 aromatic rings. The minimum Gasteiger partial charge on any atom is -0.384 e. The van der Waals surface area contributed by atoms with Crippen molar-refractivity contribution in [3.05, 3.63) is 41.7 Å². The summed E-state index contributed by atoms with van der Waals surface area (Å²) < 4.78 is 12.8. The predicted molar refractivity (Wildman–Crippen MR) is 80.3 cm³/mol. The first-order chi connectivity index (χ1) is 10.5. The van der Waals surface area contributed by atoms with Gasteiger partial charge in [-0.1, -0.05) is 12.1 Å². The number of carbonyl (C=O) groups is 2. The third-order valence-electron chi connectivity index (χ3n) is 3.55. The summed E-state index contributed by atoms with van der Waals surface area (Å²) in [5.74, 6) is -0.773. The van der Waals surface area contributed by atoms with E-state index >= 15 is 0 Å². The zero-order valence-electron chi connectivity index (χ0n) is 12.4. The summed E-state index contributed by atoms with van der Waals surface area (Å²) in [6.45, 7) is 3.14. The van der Waals surface area contributed by atoms with Gasteiger partial charge in [0.1, 0.15) is 11.9 Å². The van der Waals surface area contributed by atoms with Crippen molar-refractivity contribution < 1.29 is 19.1 Å². The SMILES string of the molecule is CC(O)C(=O)N1CCN(C(=O)/C=C/c2ccc(F)cc2)CC1. The maximum Gasteiger partial charge on any atom is 0.251 e. The van der Waals surface area contributed by atoms with E-state index in [1.807, 2.05) is 0 Å². The molecule has 0 bridgehead atoms. The van der Waals surface area contributed by atoms with Crippen molar-refractivity contribution in [2.45, 2.75) is 13.0 Å². The molecule has 0 aliphatic carbocycles. The van der Waals surface area contributed by atoms with Crippen LogP contribution in [0.5, 0.6) is 0 Å². The number of carbonyl (C=O) groups excluding carboxylic acids is 2. The van der Waals surface area contributed by atoms with Gasteiger partial charge in [-0.15, -0.1) is 0 Å². The molecule has 1 aliphatic rings. The van der Waals surface area contributed by atoms with Gasteiger partial charge in [0.2, 0.25) is 5.91 Å². The molecule has 1 N–H and O–H groups in total. The number of hydrogen-bond donors (Lipinski definition) is 1. The van der Waals surface area contributed by atoms with Crippen LogP contribution in [0.2, 0.25) is 0 Å². The molecule has 5 nitrogen and oxygen atoms in total. The Balaban J connectivity index is 1.87. The minimum atomic E-state index is -1.01. The van der Waals surface area contributed by atoms with Gasteiger partial charge in [0, 0.05) is 32.3 Å². The van der Waals surface area contributed by atoms with Crippen LogP contribution in [0.4, 0.5) is 4.39 Å². The second-order valence-corrected chi connectivity index (χ2v) is 5.21. The molecular weight excluding hydrogens is 287 g/mol. The smallest absolute Gasteiger partial charge is 0.251 e. The Kier molecular flexibility index (Phi) is 5.27. The number of rotatable bonds is 3. The molecule has 118 valence electrons. The highest BCUT2D eigenvalue weighted by molar-refractivity contribution is 5.92. The highest BCUT2D eigenvalue weighted by Gasteiger charge is 2.25. The number of halogens is 1. The lowest BCUT2D eigenvalue weighted by Gasteiger charge is -2.34. The Labute approximate surface area is 128 Å². The van der Waals surface area contributed by atoms with E-state index in [0.29, 0.717) is 26.2 Å². The highest BCUT2D eigenvalue weighted by atomic mass is 19.1. The van der Waals surface area contributed by atoms with E-state index in [4.69, 9.17) is 0 Å². The molecule has 2 rings (SSSR count). The van der Waals surface area contributed by atoms with E-state index in [0.717, 1.165) is 5.56 Å². The summed E-state index contributed by atoms with van der Waals surface area (Å²) in [6.07, 6.45) is 2.06. The third kappa shape index (κ3) is 4.14. The average Bonchev–Trinajstić information content (AvgIpc) is 2.53. The van der Waals surface area contributed by atoms with Gasteiger partial charge in [0.25, 0.3) is 5.91 Å². The number of benzene rings is 1. The largest absolute Gasteiger partial charge is 0.384 e. The molecule has 0 saturated carbocycles. The molecule has 1 fully saturated rings. The molecule has 1 atom stereocenters. The van der Waals surface area contributed by atoms with Crippen molar-refractivity contribution in [3.63, 3.8) is 0 Å². The third-order valence-corrected chi connectivity index (χ3v) is 3.55. The Morgan fingerprint density at radius 2 is 1.68 bits per heavy atom. The number of amides is 2. The summed E-state index contributed by atoms with van der Waals surface area (Å²) in [4.78, 5) is 26.9. The molecule has 6 heteroatoms. The maximum atomic E-state index is 12.8. The van der Waals surface area contributed by atoms with Gasteiger partial charge >= 0.3 is 0 Å². The van der Waals surface area contributed by atoms with Gasteiger partial charge in [-0.25, -0.2) is 4.39 Å². The van der Waals surface area contributed by atoms with E-state index in [1.54, 1.807) is 28.0 Å². The normalized spacial score (nSPS) is 16.9. The minimum absolute atomic E-state index is 0.145. The van der Waals surface area contributed by atoms with Crippen LogP contribution in [0, 0.1) is 5.82 Å². The fraction of sp³-hybridized carbons (Fsp3) is 0.375. The molecule has 1 heterocycles. The molecule has 22 heavy (non-hydrogen) atoms. The predicted octanol–water partition coefficient (Wildman–Crippen LogP) is 0.890. The molecular formula is C16H19FN2O3. The first-order valence-corrected chi connectivity index (χ1v) is 7.17. The Hall–Kier alpha value is -2.21. The van der Waals surface area contributed by atoms with Crippen molar-refractivity contribution in [1.29, 1.82) is 0 Å². The van der Waals surface area contributed by atoms with Crippen LogP contribution in [0.3, 0.4) is 0 Å². The Morgan fingerprint density at radius 1 is 1.14 bits per heavy atom. The first kappa shape index (κ1) is 16.2. The Morgan fingerprint density at radius 3 is 2.23 bits per heavy atom. The number of aliphatic hydroxyl groups excluding tert-OH is 1. The van der Waals surface area contributed by atoms with E-state index in [1.165, 1.54) is 25.1 Å². The summed E-state index contributed by atoms with van der Waals surface area (Å²) in [5, 5.41) is 9.27. The van der Waals surface area contributed by atoms with Crippen LogP contribution in [0.25, 0.3) is 6.08 Å². The van der Waals surface area contributed by atoms with Crippen LogP contribution in [-0.4, -0.2) is 59.0 Å². The quantitative estimate of drug-likeness (QED) is 0.844. The molecule has 1 aliphatic heterocycles. The molecule has 0 aromatic heterocycles. The van der Waals surface area contributed by atoms with E-state index < -0.39 is 6.10 Å². The number of aliphatic hydroxyl groups is 1. The van der Waals surface area contributed by atoms with Crippen LogP contribution >= 0.6 is 0 Å². The lowest BCUT2D eigenvalue weighted by molar-refractivity contribution is -0.143. The zero-order chi connectivity index (χ0) is 16.1. The monoisotopic (exact) mass is 306 g/mol. The molecule has 0 radical (unpaired) electrons. The van der Waals surface area contributed by atoms with Crippen LogP contribution < -0.4 is 0 Å². The standard InChI is InChI=1S/C16H19FN2O3/c1-12(20)16(22)19-10-8-18(9-11-19)15(21)7-4-13-2-5-14(17)6-3-13/h2-7,12,20H,8-11H2,1H3/b7-4+. The highest BCUT2D eigenvalue weighted by Crippen LogP contribution is 2.08. The van der Waals surface area contributed by atoms with E-state index in [2.05, 4.69) is 0 Å². The van der Waals surface area contributed by atoms with Crippen LogP contribution in [0.15, 0.2) is 30.3 Å². The van der Waals surface area contributed by atoms with Gasteiger partial charge in [-0.3, -0.25) is 9.59 Å². The van der Waals surface area contributed by atoms with Crippen molar-refractivity contribution in [2.24, 2.45) is 0 Å². The van der Waals surface area contributed by atoms with Crippen LogP contribution in [0.1, 0.15) is 12.5 Å². The summed E-state index contributed by atoms with van der Waals surface area (Å²) in [7, 11) is 0. The summed E-state index contributed by atoms with van der Waals surface area (Å²) in [6, 6.07) is 5.87. The van der Waals surface area contributed by atoms with Crippen molar-refractivity contribution in [2.75, 3.05) is 26.2 Å². The summed E-state index contributed by atoms with van der Waals surface area (Å²) >= 11 is 0. The van der Waals surface area contributed by atoms with Crippen molar-refractivity contribution >= 4 is 17.9 Å². The fourth-order valence-electron chi connectivity index (χ4n) is 2.26.